The SMILES string of the molecule is CC1CCNc2cc(F)ccc2O1. The average molecular weight is 181 g/mol. The molecule has 1 N–H and O–H groups in total. The van der Waals surface area contributed by atoms with Crippen molar-refractivity contribution in [3.8, 4) is 5.75 Å². The molecule has 13 heavy (non-hydrogen) atoms. The Morgan fingerprint density at radius 2 is 2.38 bits per heavy atom. The average Bonchev–Trinajstić information content (AvgIpc) is 2.25. The highest BCUT2D eigenvalue weighted by molar-refractivity contribution is 5.57. The van der Waals surface area contributed by atoms with Gasteiger partial charge in [-0.3, -0.25) is 0 Å². The number of benzene rings is 1. The maximum atomic E-state index is 12.8. The highest BCUT2D eigenvalue weighted by Gasteiger charge is 2.13. The van der Waals surface area contributed by atoms with Gasteiger partial charge in [0.2, 0.25) is 0 Å². The van der Waals surface area contributed by atoms with Crippen LogP contribution in [0.3, 0.4) is 0 Å². The monoisotopic (exact) mass is 181 g/mol. The van der Waals surface area contributed by atoms with Crippen LogP contribution in [0.4, 0.5) is 10.1 Å². The lowest BCUT2D eigenvalue weighted by molar-refractivity contribution is 0.221. The molecule has 0 fully saturated rings. The predicted octanol–water partition coefficient (Wildman–Crippen LogP) is 2.41. The van der Waals surface area contributed by atoms with Crippen LogP contribution in [0.2, 0.25) is 0 Å². The minimum Gasteiger partial charge on any atom is -0.488 e. The zero-order valence-electron chi connectivity index (χ0n) is 7.51. The van der Waals surface area contributed by atoms with Crippen LogP contribution in [0, 0.1) is 5.82 Å². The predicted molar refractivity (Wildman–Crippen MR) is 49.6 cm³/mol. The zero-order valence-corrected chi connectivity index (χ0v) is 7.51. The molecule has 0 spiro atoms. The van der Waals surface area contributed by atoms with Gasteiger partial charge in [-0.15, -0.1) is 0 Å². The Balaban J connectivity index is 2.34. The minimum atomic E-state index is -0.232. The van der Waals surface area contributed by atoms with E-state index in [2.05, 4.69) is 5.32 Å². The summed E-state index contributed by atoms with van der Waals surface area (Å²) in [6.07, 6.45) is 1.13. The van der Waals surface area contributed by atoms with Gasteiger partial charge in [-0.05, 0) is 19.1 Å². The number of ether oxygens (including phenoxy) is 1. The molecule has 0 bridgehead atoms. The molecule has 70 valence electrons. The number of rotatable bonds is 0. The number of halogens is 1. The first kappa shape index (κ1) is 8.35. The Hall–Kier alpha value is -1.25. The summed E-state index contributed by atoms with van der Waals surface area (Å²) in [5.41, 5.74) is 0.754. The van der Waals surface area contributed by atoms with Gasteiger partial charge in [0.25, 0.3) is 0 Å². The van der Waals surface area contributed by atoms with Gasteiger partial charge in [0.1, 0.15) is 11.6 Å². The minimum absolute atomic E-state index is 0.194. The summed E-state index contributed by atoms with van der Waals surface area (Å²) in [5, 5.41) is 3.13. The van der Waals surface area contributed by atoms with Crippen LogP contribution in [0.15, 0.2) is 18.2 Å². The van der Waals surface area contributed by atoms with E-state index >= 15 is 0 Å². The fraction of sp³-hybridized carbons (Fsp3) is 0.400. The molecule has 1 aliphatic rings. The van der Waals surface area contributed by atoms with Crippen LogP contribution < -0.4 is 10.1 Å². The van der Waals surface area contributed by atoms with E-state index < -0.39 is 0 Å². The fourth-order valence-corrected chi connectivity index (χ4v) is 1.43. The topological polar surface area (TPSA) is 21.3 Å². The molecule has 0 aromatic heterocycles. The van der Waals surface area contributed by atoms with Crippen LogP contribution >= 0.6 is 0 Å². The van der Waals surface area contributed by atoms with Gasteiger partial charge in [0.05, 0.1) is 11.8 Å². The van der Waals surface area contributed by atoms with E-state index in [1.54, 1.807) is 6.07 Å². The molecule has 3 heteroatoms. The summed E-state index contributed by atoms with van der Waals surface area (Å²) in [6.45, 7) is 2.84. The molecule has 0 amide bonds. The molecule has 1 atom stereocenters. The highest BCUT2D eigenvalue weighted by Crippen LogP contribution is 2.28. The third-order valence-electron chi connectivity index (χ3n) is 2.14. The molecular formula is C10H12FNO. The lowest BCUT2D eigenvalue weighted by Crippen LogP contribution is -2.11. The second-order valence-corrected chi connectivity index (χ2v) is 3.28. The van der Waals surface area contributed by atoms with E-state index in [9.17, 15) is 4.39 Å². The first-order chi connectivity index (χ1) is 6.25. The van der Waals surface area contributed by atoms with Gasteiger partial charge >= 0.3 is 0 Å². The van der Waals surface area contributed by atoms with E-state index in [0.717, 1.165) is 24.4 Å². The Labute approximate surface area is 76.7 Å². The smallest absolute Gasteiger partial charge is 0.142 e. The van der Waals surface area contributed by atoms with Crippen molar-refractivity contribution in [2.45, 2.75) is 19.4 Å². The molecule has 1 aliphatic heterocycles. The zero-order chi connectivity index (χ0) is 9.26. The summed E-state index contributed by atoms with van der Waals surface area (Å²) in [4.78, 5) is 0. The van der Waals surface area contributed by atoms with Crippen LogP contribution in [-0.2, 0) is 0 Å². The quantitative estimate of drug-likeness (QED) is 0.663. The third kappa shape index (κ3) is 1.74. The normalized spacial score (nSPS) is 20.9. The molecule has 0 saturated heterocycles. The van der Waals surface area contributed by atoms with Crippen molar-refractivity contribution in [1.29, 1.82) is 0 Å². The van der Waals surface area contributed by atoms with E-state index in [0.29, 0.717) is 0 Å². The molecule has 0 saturated carbocycles. The molecule has 0 radical (unpaired) electrons. The van der Waals surface area contributed by atoms with Crippen LogP contribution in [0.1, 0.15) is 13.3 Å². The summed E-state index contributed by atoms with van der Waals surface area (Å²) < 4.78 is 18.4. The maximum absolute atomic E-state index is 12.8. The van der Waals surface area contributed by atoms with Crippen LogP contribution in [0.5, 0.6) is 5.75 Å². The second-order valence-electron chi connectivity index (χ2n) is 3.28. The van der Waals surface area contributed by atoms with E-state index in [1.165, 1.54) is 12.1 Å². The summed E-state index contributed by atoms with van der Waals surface area (Å²) in [6, 6.07) is 4.55. The van der Waals surface area contributed by atoms with Crippen molar-refractivity contribution in [2.24, 2.45) is 0 Å². The molecule has 2 rings (SSSR count). The Morgan fingerprint density at radius 3 is 3.23 bits per heavy atom. The lowest BCUT2D eigenvalue weighted by Gasteiger charge is -2.11. The fourth-order valence-electron chi connectivity index (χ4n) is 1.43. The first-order valence-electron chi connectivity index (χ1n) is 4.46. The Kier molecular flexibility index (Phi) is 2.08. The highest BCUT2D eigenvalue weighted by atomic mass is 19.1. The largest absolute Gasteiger partial charge is 0.488 e. The lowest BCUT2D eigenvalue weighted by atomic mass is 10.3. The summed E-state index contributed by atoms with van der Waals surface area (Å²) in [7, 11) is 0. The number of nitrogens with one attached hydrogen (secondary N) is 1. The van der Waals surface area contributed by atoms with Gasteiger partial charge < -0.3 is 10.1 Å². The molecule has 2 nitrogen and oxygen atoms in total. The first-order valence-corrected chi connectivity index (χ1v) is 4.46. The van der Waals surface area contributed by atoms with Crippen molar-refractivity contribution >= 4 is 5.69 Å². The Bertz CT molecular complexity index is 314. The number of fused-ring (bicyclic) bond motifs is 1. The third-order valence-corrected chi connectivity index (χ3v) is 2.14. The maximum Gasteiger partial charge on any atom is 0.142 e. The molecule has 1 aromatic carbocycles. The van der Waals surface area contributed by atoms with Gasteiger partial charge in [-0.25, -0.2) is 4.39 Å². The van der Waals surface area contributed by atoms with Crippen molar-refractivity contribution < 1.29 is 9.13 Å². The van der Waals surface area contributed by atoms with E-state index in [4.69, 9.17) is 4.74 Å². The van der Waals surface area contributed by atoms with Crippen molar-refractivity contribution in [2.75, 3.05) is 11.9 Å². The molecule has 0 aliphatic carbocycles. The van der Waals surface area contributed by atoms with Gasteiger partial charge in [-0.1, -0.05) is 0 Å². The van der Waals surface area contributed by atoms with Gasteiger partial charge in [0.15, 0.2) is 0 Å². The standard InChI is InChI=1S/C10H12FNO/c1-7-4-5-12-9-6-8(11)2-3-10(9)13-7/h2-3,6-7,12H,4-5H2,1H3. The van der Waals surface area contributed by atoms with Gasteiger partial charge in [0, 0.05) is 19.0 Å². The number of hydrogen-bond donors (Lipinski definition) is 1. The molecule has 1 aromatic rings. The molecule has 1 heterocycles. The molecular weight excluding hydrogens is 169 g/mol. The second kappa shape index (κ2) is 3.24. The van der Waals surface area contributed by atoms with Crippen LogP contribution in [-0.4, -0.2) is 12.6 Å². The Morgan fingerprint density at radius 1 is 1.54 bits per heavy atom. The summed E-state index contributed by atoms with van der Waals surface area (Å²) in [5.74, 6) is 0.510. The number of hydrogen-bond acceptors (Lipinski definition) is 2. The van der Waals surface area contributed by atoms with Crippen molar-refractivity contribution in [3.63, 3.8) is 0 Å². The summed E-state index contributed by atoms with van der Waals surface area (Å²) >= 11 is 0. The molecule has 1 unspecified atom stereocenters. The van der Waals surface area contributed by atoms with Crippen molar-refractivity contribution in [3.05, 3.63) is 24.0 Å². The van der Waals surface area contributed by atoms with Gasteiger partial charge in [-0.2, -0.15) is 0 Å². The van der Waals surface area contributed by atoms with E-state index in [-0.39, 0.29) is 11.9 Å². The van der Waals surface area contributed by atoms with E-state index in [1.807, 2.05) is 6.92 Å². The van der Waals surface area contributed by atoms with Crippen molar-refractivity contribution in [1.82, 2.24) is 0 Å². The number of anilines is 1. The van der Waals surface area contributed by atoms with Crippen LogP contribution in [0.25, 0.3) is 0 Å².